The number of rotatable bonds is 4. The highest BCUT2D eigenvalue weighted by molar-refractivity contribution is 5.74. The molecule has 0 aromatic carbocycles. The Morgan fingerprint density at radius 3 is 2.50 bits per heavy atom. The number of piperidine rings is 1. The van der Waals surface area contributed by atoms with Crippen LogP contribution in [0.1, 0.15) is 91.0 Å². The van der Waals surface area contributed by atoms with Crippen molar-refractivity contribution in [3.8, 4) is 0 Å². The van der Waals surface area contributed by atoms with E-state index in [-0.39, 0.29) is 41.0 Å². The first kappa shape index (κ1) is 27.5. The molecule has 1 aromatic rings. The zero-order valence-corrected chi connectivity index (χ0v) is 24.7. The molecule has 6 nitrogen and oxygen atoms in total. The molecule has 0 spiro atoms. The lowest BCUT2D eigenvalue weighted by atomic mass is 9.47. The summed E-state index contributed by atoms with van der Waals surface area (Å²) < 4.78 is 11.5. The average molecular weight is 547 g/mol. The second kappa shape index (κ2) is 10.6. The number of hydrogen-bond donors (Lipinski definition) is 0. The van der Waals surface area contributed by atoms with Gasteiger partial charge >= 0.3 is 12.1 Å². The standard InChI is InChI=1S/C34H46N2O4/c1-22(2)39-32(38)36-18-13-23(14-19-36)31(37)40-26-11-15-33(3)25(20-26)7-8-27-29-10-9-28(24-6-5-17-35-21-24)34(29,4)16-12-30(27)33/h5-7,9,17,21-23,26-27,29-30H,8,10-16,18-20H2,1-4H3/t26-,27-,29-,30-,33-,34+/m0/s1. The van der Waals surface area contributed by atoms with Crippen molar-refractivity contribution in [2.75, 3.05) is 13.1 Å². The average Bonchev–Trinajstić information content (AvgIpc) is 3.30. The lowest BCUT2D eigenvalue weighted by Gasteiger charge is -2.58. The summed E-state index contributed by atoms with van der Waals surface area (Å²) >= 11 is 0. The number of aromatic nitrogens is 1. The maximum Gasteiger partial charge on any atom is 0.410 e. The maximum atomic E-state index is 13.1. The Morgan fingerprint density at radius 1 is 1.00 bits per heavy atom. The molecule has 40 heavy (non-hydrogen) atoms. The predicted molar refractivity (Wildman–Crippen MR) is 155 cm³/mol. The molecule has 6 rings (SSSR count). The SMILES string of the molecule is CC(C)OC(=O)N1CCC(C(=O)O[C@H]2CC[C@@]3(C)C(=CC[C@@H]4[C@@H]3CC[C@]3(C)C(c5cccnc5)=CC[C@@H]43)C2)CC1. The third-order valence-corrected chi connectivity index (χ3v) is 11.3. The summed E-state index contributed by atoms with van der Waals surface area (Å²) in [5.41, 5.74) is 4.80. The summed E-state index contributed by atoms with van der Waals surface area (Å²) in [6.07, 6.45) is 17.6. The molecule has 0 radical (unpaired) electrons. The molecule has 1 aliphatic heterocycles. The summed E-state index contributed by atoms with van der Waals surface area (Å²) in [6, 6.07) is 4.29. The molecule has 0 bridgehead atoms. The zero-order valence-electron chi connectivity index (χ0n) is 24.7. The first-order chi connectivity index (χ1) is 19.2. The van der Waals surface area contributed by atoms with Crippen LogP contribution in [0, 0.1) is 34.5 Å². The molecule has 6 heteroatoms. The predicted octanol–water partition coefficient (Wildman–Crippen LogP) is 7.21. The molecule has 1 aromatic heterocycles. The van der Waals surface area contributed by atoms with Crippen LogP contribution in [-0.4, -0.2) is 47.2 Å². The van der Waals surface area contributed by atoms with Crippen molar-refractivity contribution in [2.24, 2.45) is 34.5 Å². The van der Waals surface area contributed by atoms with Gasteiger partial charge in [0.15, 0.2) is 0 Å². The summed E-state index contributed by atoms with van der Waals surface area (Å²) in [5, 5.41) is 0. The summed E-state index contributed by atoms with van der Waals surface area (Å²) in [6.45, 7) is 9.84. The van der Waals surface area contributed by atoms with Crippen LogP contribution in [0.5, 0.6) is 0 Å². The summed E-state index contributed by atoms with van der Waals surface area (Å²) in [5.74, 6) is 1.91. The number of hydrogen-bond acceptors (Lipinski definition) is 5. The van der Waals surface area contributed by atoms with Crippen LogP contribution < -0.4 is 0 Å². The van der Waals surface area contributed by atoms with Gasteiger partial charge in [-0.1, -0.05) is 37.6 Å². The van der Waals surface area contributed by atoms with Crippen molar-refractivity contribution in [1.82, 2.24) is 9.88 Å². The quantitative estimate of drug-likeness (QED) is 0.295. The normalized spacial score (nSPS) is 35.7. The van der Waals surface area contributed by atoms with Gasteiger partial charge in [-0.15, -0.1) is 0 Å². The molecule has 0 unspecified atom stereocenters. The van der Waals surface area contributed by atoms with Gasteiger partial charge in [0, 0.05) is 31.9 Å². The zero-order chi connectivity index (χ0) is 28.1. The Morgan fingerprint density at radius 2 is 1.77 bits per heavy atom. The third-order valence-electron chi connectivity index (χ3n) is 11.3. The highest BCUT2D eigenvalue weighted by Crippen LogP contribution is 2.66. The van der Waals surface area contributed by atoms with Crippen LogP contribution in [0.2, 0.25) is 0 Å². The molecule has 2 saturated carbocycles. The Balaban J connectivity index is 1.07. The highest BCUT2D eigenvalue weighted by Gasteiger charge is 2.57. The highest BCUT2D eigenvalue weighted by atomic mass is 16.6. The smallest absolute Gasteiger partial charge is 0.410 e. The fourth-order valence-corrected chi connectivity index (χ4v) is 9.10. The number of nitrogens with zero attached hydrogens (tertiary/aromatic N) is 2. The molecule has 2 heterocycles. The number of pyridine rings is 1. The van der Waals surface area contributed by atoms with Crippen molar-refractivity contribution >= 4 is 17.6 Å². The Bertz CT molecular complexity index is 1180. The largest absolute Gasteiger partial charge is 0.462 e. The summed E-state index contributed by atoms with van der Waals surface area (Å²) in [4.78, 5) is 31.4. The van der Waals surface area contributed by atoms with Gasteiger partial charge in [0.2, 0.25) is 0 Å². The van der Waals surface area contributed by atoms with Crippen molar-refractivity contribution < 1.29 is 19.1 Å². The Labute approximate surface area is 239 Å². The van der Waals surface area contributed by atoms with Crippen molar-refractivity contribution in [3.63, 3.8) is 0 Å². The molecule has 3 fully saturated rings. The number of allylic oxidation sites excluding steroid dienone is 3. The van der Waals surface area contributed by atoms with Gasteiger partial charge in [0.25, 0.3) is 0 Å². The van der Waals surface area contributed by atoms with E-state index in [0.29, 0.717) is 43.7 Å². The van der Waals surface area contributed by atoms with E-state index in [4.69, 9.17) is 9.47 Å². The van der Waals surface area contributed by atoms with E-state index in [1.807, 2.05) is 26.2 Å². The van der Waals surface area contributed by atoms with Crippen LogP contribution >= 0.6 is 0 Å². The number of ether oxygens (including phenoxy) is 2. The molecule has 6 atom stereocenters. The van der Waals surface area contributed by atoms with Gasteiger partial charge in [-0.3, -0.25) is 9.78 Å². The number of amides is 1. The second-order valence-corrected chi connectivity index (χ2v) is 13.8. The molecular formula is C34H46N2O4. The van der Waals surface area contributed by atoms with E-state index in [1.165, 1.54) is 36.0 Å². The first-order valence-electron chi connectivity index (χ1n) is 15.7. The number of esters is 1. The van der Waals surface area contributed by atoms with E-state index < -0.39 is 0 Å². The molecule has 216 valence electrons. The molecule has 5 aliphatic rings. The second-order valence-electron chi connectivity index (χ2n) is 13.8. The van der Waals surface area contributed by atoms with E-state index in [2.05, 4.69) is 43.1 Å². The monoisotopic (exact) mass is 546 g/mol. The lowest BCUT2D eigenvalue weighted by molar-refractivity contribution is -0.158. The van der Waals surface area contributed by atoms with Gasteiger partial charge in [0.1, 0.15) is 6.10 Å². The van der Waals surface area contributed by atoms with Crippen molar-refractivity contribution in [1.29, 1.82) is 0 Å². The number of carbonyl (C=O) groups is 2. The van der Waals surface area contributed by atoms with Gasteiger partial charge < -0.3 is 14.4 Å². The minimum atomic E-state index is -0.277. The van der Waals surface area contributed by atoms with Crippen LogP contribution in [0.3, 0.4) is 0 Å². The minimum absolute atomic E-state index is 0.0218. The topological polar surface area (TPSA) is 68.7 Å². The lowest BCUT2D eigenvalue weighted by Crippen LogP contribution is -2.50. The minimum Gasteiger partial charge on any atom is -0.462 e. The number of fused-ring (bicyclic) bond motifs is 5. The van der Waals surface area contributed by atoms with E-state index >= 15 is 0 Å². The fraction of sp³-hybridized carbons (Fsp3) is 0.676. The number of likely N-dealkylation sites (tertiary alicyclic amines) is 1. The van der Waals surface area contributed by atoms with Gasteiger partial charge in [-0.25, -0.2) is 4.79 Å². The molecule has 1 saturated heterocycles. The van der Waals surface area contributed by atoms with Gasteiger partial charge in [-0.2, -0.15) is 0 Å². The van der Waals surface area contributed by atoms with Crippen LogP contribution in [-0.2, 0) is 14.3 Å². The van der Waals surface area contributed by atoms with Crippen molar-refractivity contribution in [3.05, 3.63) is 47.8 Å². The molecule has 4 aliphatic carbocycles. The van der Waals surface area contributed by atoms with Crippen LogP contribution in [0.4, 0.5) is 4.79 Å². The van der Waals surface area contributed by atoms with Crippen LogP contribution in [0.25, 0.3) is 5.57 Å². The van der Waals surface area contributed by atoms with E-state index in [1.54, 1.807) is 4.90 Å². The summed E-state index contributed by atoms with van der Waals surface area (Å²) in [7, 11) is 0. The first-order valence-corrected chi connectivity index (χ1v) is 15.7. The molecule has 0 N–H and O–H groups in total. The van der Waals surface area contributed by atoms with Gasteiger partial charge in [-0.05, 0) is 111 Å². The van der Waals surface area contributed by atoms with Gasteiger partial charge in [0.05, 0.1) is 12.0 Å². The van der Waals surface area contributed by atoms with E-state index in [9.17, 15) is 9.59 Å². The maximum absolute atomic E-state index is 13.1. The Kier molecular flexibility index (Phi) is 7.33. The van der Waals surface area contributed by atoms with Crippen molar-refractivity contribution in [2.45, 2.75) is 97.7 Å². The molecule has 1 amide bonds. The Hall–Kier alpha value is -2.63. The number of carbonyl (C=O) groups excluding carboxylic acids is 2. The van der Waals surface area contributed by atoms with E-state index in [0.717, 1.165) is 25.7 Å². The fourth-order valence-electron chi connectivity index (χ4n) is 9.10. The third kappa shape index (κ3) is 4.79. The van der Waals surface area contributed by atoms with Crippen LogP contribution in [0.15, 0.2) is 42.3 Å². The molecular weight excluding hydrogens is 500 g/mol.